The Labute approximate surface area is 173 Å². The van der Waals surface area contributed by atoms with Gasteiger partial charge in [-0.2, -0.15) is 0 Å². The first-order valence-electron chi connectivity index (χ1n) is 11.1. The molecule has 0 radical (unpaired) electrons. The molecular formula is C22H36N3O4+. The van der Waals surface area contributed by atoms with E-state index in [0.717, 1.165) is 31.8 Å². The monoisotopic (exact) mass is 406 g/mol. The van der Waals surface area contributed by atoms with E-state index in [-0.39, 0.29) is 17.9 Å². The summed E-state index contributed by atoms with van der Waals surface area (Å²) in [5.74, 6) is 1.27. The fourth-order valence-corrected chi connectivity index (χ4v) is 4.33. The lowest BCUT2D eigenvalue weighted by molar-refractivity contribution is -0.903. The van der Waals surface area contributed by atoms with Crippen molar-refractivity contribution in [1.82, 2.24) is 10.2 Å². The van der Waals surface area contributed by atoms with Crippen molar-refractivity contribution in [2.24, 2.45) is 0 Å². The van der Waals surface area contributed by atoms with Gasteiger partial charge in [0.2, 0.25) is 5.91 Å². The van der Waals surface area contributed by atoms with Crippen molar-refractivity contribution in [2.45, 2.75) is 58.5 Å². The van der Waals surface area contributed by atoms with Crippen LogP contribution >= 0.6 is 0 Å². The van der Waals surface area contributed by atoms with E-state index in [4.69, 9.17) is 9.15 Å². The molecule has 2 amide bonds. The third-order valence-corrected chi connectivity index (χ3v) is 5.98. The predicted octanol–water partition coefficient (Wildman–Crippen LogP) is 1.09. The zero-order chi connectivity index (χ0) is 20.6. The molecule has 7 heteroatoms. The minimum Gasteiger partial charge on any atom is -0.466 e. The molecule has 2 fully saturated rings. The molecular weight excluding hydrogens is 370 g/mol. The molecule has 162 valence electrons. The molecule has 3 rings (SSSR count). The van der Waals surface area contributed by atoms with Gasteiger partial charge in [-0.25, -0.2) is 0 Å². The van der Waals surface area contributed by atoms with Crippen LogP contribution in [0.15, 0.2) is 10.5 Å². The van der Waals surface area contributed by atoms with Crippen molar-refractivity contribution >= 4 is 11.8 Å². The van der Waals surface area contributed by atoms with Gasteiger partial charge in [-0.1, -0.05) is 0 Å². The molecule has 1 atom stereocenters. The summed E-state index contributed by atoms with van der Waals surface area (Å²) in [4.78, 5) is 28.8. The van der Waals surface area contributed by atoms with Crippen LogP contribution in [0, 0.1) is 13.8 Å². The Morgan fingerprint density at radius 1 is 1.21 bits per heavy atom. The SMILES string of the molecule is Cc1cc(C(=O)N(CCC(=O)NCC[NH+]2CCCCC2)C[C@H]2CCCO2)c(C)o1. The Morgan fingerprint density at radius 2 is 2.00 bits per heavy atom. The summed E-state index contributed by atoms with van der Waals surface area (Å²) in [5.41, 5.74) is 0.578. The van der Waals surface area contributed by atoms with E-state index < -0.39 is 0 Å². The summed E-state index contributed by atoms with van der Waals surface area (Å²) >= 11 is 0. The second-order valence-corrected chi connectivity index (χ2v) is 8.37. The lowest BCUT2D eigenvalue weighted by Gasteiger charge is -2.25. The van der Waals surface area contributed by atoms with Gasteiger partial charge in [0.15, 0.2) is 0 Å². The number of aryl methyl sites for hydroxylation is 2. The number of rotatable bonds is 9. The average Bonchev–Trinajstić information content (AvgIpc) is 3.34. The van der Waals surface area contributed by atoms with Gasteiger partial charge in [0.1, 0.15) is 11.5 Å². The number of nitrogens with one attached hydrogen (secondary N) is 2. The van der Waals surface area contributed by atoms with E-state index in [1.807, 2.05) is 6.92 Å². The van der Waals surface area contributed by atoms with Gasteiger partial charge in [0.25, 0.3) is 5.91 Å². The third-order valence-electron chi connectivity index (χ3n) is 5.98. The first-order valence-corrected chi connectivity index (χ1v) is 11.1. The quantitative estimate of drug-likeness (QED) is 0.644. The Kier molecular flexibility index (Phi) is 8.12. The van der Waals surface area contributed by atoms with Crippen LogP contribution in [-0.2, 0) is 9.53 Å². The number of furan rings is 1. The van der Waals surface area contributed by atoms with Crippen LogP contribution < -0.4 is 10.2 Å². The topological polar surface area (TPSA) is 76.2 Å². The number of hydrogen-bond donors (Lipinski definition) is 2. The number of likely N-dealkylation sites (tertiary alicyclic amines) is 1. The van der Waals surface area contributed by atoms with E-state index in [9.17, 15) is 9.59 Å². The normalized spacial score (nSPS) is 20.0. The number of amides is 2. The second-order valence-electron chi connectivity index (χ2n) is 8.37. The molecule has 1 aromatic rings. The molecule has 0 spiro atoms. The predicted molar refractivity (Wildman–Crippen MR) is 110 cm³/mol. The highest BCUT2D eigenvalue weighted by Crippen LogP contribution is 2.19. The van der Waals surface area contributed by atoms with Crippen molar-refractivity contribution in [1.29, 1.82) is 0 Å². The molecule has 0 bridgehead atoms. The van der Waals surface area contributed by atoms with Crippen LogP contribution in [0.5, 0.6) is 0 Å². The molecule has 29 heavy (non-hydrogen) atoms. The summed E-state index contributed by atoms with van der Waals surface area (Å²) in [6.07, 6.45) is 6.25. The molecule has 0 aromatic carbocycles. The lowest BCUT2D eigenvalue weighted by atomic mass is 10.1. The minimum absolute atomic E-state index is 0.00615. The van der Waals surface area contributed by atoms with Gasteiger partial charge in [0.05, 0.1) is 37.8 Å². The maximum atomic E-state index is 13.1. The fourth-order valence-electron chi connectivity index (χ4n) is 4.33. The first kappa shape index (κ1) is 21.8. The summed E-state index contributed by atoms with van der Waals surface area (Å²) in [6.45, 7) is 9.41. The van der Waals surface area contributed by atoms with Gasteiger partial charge in [-0.3, -0.25) is 9.59 Å². The Hall–Kier alpha value is -1.86. The molecule has 2 aliphatic heterocycles. The summed E-state index contributed by atoms with van der Waals surface area (Å²) < 4.78 is 11.3. The molecule has 2 N–H and O–H groups in total. The Bertz CT molecular complexity index is 676. The van der Waals surface area contributed by atoms with E-state index >= 15 is 0 Å². The van der Waals surface area contributed by atoms with Crippen LogP contribution in [0.2, 0.25) is 0 Å². The summed E-state index contributed by atoms with van der Waals surface area (Å²) in [5, 5.41) is 3.03. The summed E-state index contributed by atoms with van der Waals surface area (Å²) in [7, 11) is 0. The van der Waals surface area contributed by atoms with Crippen LogP contribution in [0.25, 0.3) is 0 Å². The highest BCUT2D eigenvalue weighted by atomic mass is 16.5. The highest BCUT2D eigenvalue weighted by molar-refractivity contribution is 5.95. The molecule has 2 aliphatic rings. The van der Waals surface area contributed by atoms with Gasteiger partial charge in [0, 0.05) is 26.1 Å². The van der Waals surface area contributed by atoms with Crippen molar-refractivity contribution in [3.8, 4) is 0 Å². The lowest BCUT2D eigenvalue weighted by Crippen LogP contribution is -3.13. The summed E-state index contributed by atoms with van der Waals surface area (Å²) in [6, 6.07) is 1.78. The number of carbonyl (C=O) groups is 2. The number of hydrogen-bond acceptors (Lipinski definition) is 4. The first-order chi connectivity index (χ1) is 14.0. The number of piperidine rings is 1. The molecule has 2 saturated heterocycles. The van der Waals surface area contributed by atoms with Crippen LogP contribution in [-0.4, -0.2) is 68.7 Å². The van der Waals surface area contributed by atoms with Gasteiger partial charge in [-0.15, -0.1) is 0 Å². The van der Waals surface area contributed by atoms with Crippen molar-refractivity contribution in [3.63, 3.8) is 0 Å². The largest absolute Gasteiger partial charge is 0.466 e. The highest BCUT2D eigenvalue weighted by Gasteiger charge is 2.26. The molecule has 3 heterocycles. The van der Waals surface area contributed by atoms with E-state index in [0.29, 0.717) is 37.4 Å². The molecule has 1 aromatic heterocycles. The van der Waals surface area contributed by atoms with Crippen LogP contribution in [0.3, 0.4) is 0 Å². The van der Waals surface area contributed by atoms with Crippen molar-refractivity contribution in [2.75, 3.05) is 45.9 Å². The zero-order valence-electron chi connectivity index (χ0n) is 17.9. The standard InChI is InChI=1S/C22H35N3O4/c1-17-15-20(18(2)29-17)22(27)25(16-19-7-6-14-28-19)12-8-21(26)23-9-13-24-10-4-3-5-11-24/h15,19H,3-14,16H2,1-2H3,(H,23,26)/p+1/t19-/m1/s1. The van der Waals surface area contributed by atoms with Gasteiger partial charge in [-0.05, 0) is 52.0 Å². The number of nitrogens with zero attached hydrogens (tertiary/aromatic N) is 1. The minimum atomic E-state index is -0.0830. The van der Waals surface area contributed by atoms with Gasteiger partial charge >= 0.3 is 0 Å². The Balaban J connectivity index is 1.49. The van der Waals surface area contributed by atoms with Crippen molar-refractivity contribution in [3.05, 3.63) is 23.2 Å². The second kappa shape index (κ2) is 10.8. The van der Waals surface area contributed by atoms with E-state index in [1.165, 1.54) is 32.4 Å². The number of quaternary nitrogens is 1. The fraction of sp³-hybridized carbons (Fsp3) is 0.727. The number of ether oxygens (including phenoxy) is 1. The van der Waals surface area contributed by atoms with Crippen LogP contribution in [0.4, 0.5) is 0 Å². The smallest absolute Gasteiger partial charge is 0.257 e. The molecule has 7 nitrogen and oxygen atoms in total. The maximum absolute atomic E-state index is 13.1. The molecule has 0 saturated carbocycles. The number of carbonyl (C=O) groups excluding carboxylic acids is 2. The van der Waals surface area contributed by atoms with Crippen molar-refractivity contribution < 1.29 is 23.6 Å². The zero-order valence-corrected chi connectivity index (χ0v) is 17.9. The average molecular weight is 407 g/mol. The third kappa shape index (κ3) is 6.57. The molecule has 0 aliphatic carbocycles. The van der Waals surface area contributed by atoms with Crippen LogP contribution in [0.1, 0.15) is 60.4 Å². The van der Waals surface area contributed by atoms with E-state index in [1.54, 1.807) is 22.8 Å². The maximum Gasteiger partial charge on any atom is 0.257 e. The molecule has 0 unspecified atom stereocenters. The van der Waals surface area contributed by atoms with Gasteiger partial charge < -0.3 is 24.3 Å². The van der Waals surface area contributed by atoms with E-state index in [2.05, 4.69) is 5.32 Å². The Morgan fingerprint density at radius 3 is 2.66 bits per heavy atom.